The Morgan fingerprint density at radius 1 is 0.969 bits per heavy atom. The Labute approximate surface area is 182 Å². The molecule has 9 heteroatoms. The van der Waals surface area contributed by atoms with Crippen LogP contribution >= 0.6 is 0 Å². The van der Waals surface area contributed by atoms with Crippen molar-refractivity contribution in [3.8, 4) is 34.1 Å². The van der Waals surface area contributed by atoms with Gasteiger partial charge in [0.25, 0.3) is 5.89 Å². The molecule has 3 aromatic heterocycles. The van der Waals surface area contributed by atoms with Gasteiger partial charge in [0.15, 0.2) is 0 Å². The van der Waals surface area contributed by atoms with Gasteiger partial charge in [0.2, 0.25) is 5.82 Å². The second-order valence-corrected chi connectivity index (χ2v) is 7.88. The normalized spacial score (nSPS) is 15.2. The highest BCUT2D eigenvalue weighted by atomic mass is 19.4. The van der Waals surface area contributed by atoms with E-state index in [9.17, 15) is 13.2 Å². The van der Waals surface area contributed by atoms with E-state index in [1.165, 1.54) is 18.6 Å². The van der Waals surface area contributed by atoms with E-state index in [1.54, 1.807) is 18.6 Å². The zero-order valence-electron chi connectivity index (χ0n) is 17.1. The number of alkyl halides is 3. The number of hydrogen-bond donors (Lipinski definition) is 0. The van der Waals surface area contributed by atoms with Gasteiger partial charge >= 0.3 is 6.18 Å². The van der Waals surface area contributed by atoms with Gasteiger partial charge in [-0.2, -0.15) is 23.3 Å². The van der Waals surface area contributed by atoms with E-state index in [-0.39, 0.29) is 23.3 Å². The maximum Gasteiger partial charge on any atom is 0.416 e. The Kier molecular flexibility index (Phi) is 5.24. The summed E-state index contributed by atoms with van der Waals surface area (Å²) in [7, 11) is 0. The van der Waals surface area contributed by atoms with Crippen LogP contribution in [0.3, 0.4) is 0 Å². The number of benzene rings is 1. The lowest BCUT2D eigenvalue weighted by molar-refractivity contribution is -0.137. The Morgan fingerprint density at radius 2 is 1.75 bits per heavy atom. The molecule has 6 nitrogen and oxygen atoms in total. The van der Waals surface area contributed by atoms with Crippen LogP contribution in [-0.4, -0.2) is 24.9 Å². The minimum atomic E-state index is -4.45. The molecule has 5 rings (SSSR count). The van der Waals surface area contributed by atoms with Crippen molar-refractivity contribution in [2.24, 2.45) is 0 Å². The molecule has 32 heavy (non-hydrogen) atoms. The van der Waals surface area contributed by atoms with Crippen molar-refractivity contribution in [3.05, 3.63) is 60.6 Å². The summed E-state index contributed by atoms with van der Waals surface area (Å²) in [5.41, 5.74) is 1.88. The highest BCUT2D eigenvalue weighted by molar-refractivity contribution is 5.77. The molecule has 1 aromatic carbocycles. The maximum atomic E-state index is 13.1. The van der Waals surface area contributed by atoms with E-state index in [0.717, 1.165) is 49.1 Å². The fourth-order valence-corrected chi connectivity index (χ4v) is 4.20. The van der Waals surface area contributed by atoms with Crippen LogP contribution in [0.1, 0.15) is 43.7 Å². The summed E-state index contributed by atoms with van der Waals surface area (Å²) >= 11 is 0. The average Bonchev–Trinajstić information content (AvgIpc) is 3.47. The maximum absolute atomic E-state index is 13.1. The number of nitrogens with zero attached hydrogens (tertiary/aromatic N) is 5. The summed E-state index contributed by atoms with van der Waals surface area (Å²) in [5.74, 6) is 0.309. The van der Waals surface area contributed by atoms with E-state index in [2.05, 4.69) is 20.2 Å². The number of pyridine rings is 1. The summed E-state index contributed by atoms with van der Waals surface area (Å²) in [6, 6.07) is 8.95. The fourth-order valence-electron chi connectivity index (χ4n) is 4.20. The van der Waals surface area contributed by atoms with Crippen molar-refractivity contribution < 1.29 is 17.7 Å². The molecule has 0 amide bonds. The van der Waals surface area contributed by atoms with Crippen molar-refractivity contribution in [3.63, 3.8) is 0 Å². The molecule has 0 aliphatic heterocycles. The second kappa shape index (κ2) is 8.22. The molecule has 0 radical (unpaired) electrons. The second-order valence-electron chi connectivity index (χ2n) is 7.88. The molecule has 1 fully saturated rings. The topological polar surface area (TPSA) is 69.6 Å². The Balaban J connectivity index is 1.56. The van der Waals surface area contributed by atoms with Crippen molar-refractivity contribution >= 4 is 0 Å². The number of aromatic nitrogens is 5. The monoisotopic (exact) mass is 439 g/mol. The van der Waals surface area contributed by atoms with Crippen molar-refractivity contribution in [2.75, 3.05) is 0 Å². The quantitative estimate of drug-likeness (QED) is 0.379. The Bertz CT molecular complexity index is 1210. The first-order valence-corrected chi connectivity index (χ1v) is 10.5. The van der Waals surface area contributed by atoms with Gasteiger partial charge in [-0.25, -0.2) is 0 Å². The molecule has 4 aromatic rings. The lowest BCUT2D eigenvalue weighted by atomic mass is 9.95. The molecular weight excluding hydrogens is 419 g/mol. The van der Waals surface area contributed by atoms with Gasteiger partial charge in [0.05, 0.1) is 29.1 Å². The van der Waals surface area contributed by atoms with Gasteiger partial charge in [-0.05, 0) is 37.1 Å². The summed E-state index contributed by atoms with van der Waals surface area (Å²) in [6.45, 7) is 0. The van der Waals surface area contributed by atoms with Crippen molar-refractivity contribution in [1.29, 1.82) is 0 Å². The number of rotatable bonds is 4. The summed E-state index contributed by atoms with van der Waals surface area (Å²) in [5, 5.41) is 8.58. The highest BCUT2D eigenvalue weighted by Gasteiger charge is 2.31. The van der Waals surface area contributed by atoms with Crippen LogP contribution in [0.2, 0.25) is 0 Å². The van der Waals surface area contributed by atoms with E-state index < -0.39 is 11.7 Å². The van der Waals surface area contributed by atoms with Gasteiger partial charge in [-0.1, -0.05) is 36.6 Å². The minimum absolute atomic E-state index is 0.0946. The lowest BCUT2D eigenvalue weighted by Crippen LogP contribution is -2.15. The highest BCUT2D eigenvalue weighted by Crippen LogP contribution is 2.38. The third-order valence-electron chi connectivity index (χ3n) is 5.77. The molecule has 0 unspecified atom stereocenters. The lowest BCUT2D eigenvalue weighted by Gasteiger charge is -2.24. The van der Waals surface area contributed by atoms with Crippen molar-refractivity contribution in [1.82, 2.24) is 24.9 Å². The summed E-state index contributed by atoms with van der Waals surface area (Å²) in [6.07, 6.45) is 6.26. The molecule has 0 saturated heterocycles. The molecular formula is C23H20F3N5O. The number of halogens is 3. The van der Waals surface area contributed by atoms with Gasteiger partial charge in [0.1, 0.15) is 0 Å². The zero-order valence-corrected chi connectivity index (χ0v) is 17.1. The molecule has 1 aliphatic rings. The van der Waals surface area contributed by atoms with Gasteiger partial charge < -0.3 is 4.52 Å². The van der Waals surface area contributed by atoms with E-state index in [1.807, 2.05) is 16.8 Å². The Morgan fingerprint density at radius 3 is 2.50 bits per heavy atom. The molecule has 1 aliphatic carbocycles. The summed E-state index contributed by atoms with van der Waals surface area (Å²) < 4.78 is 46.8. The third-order valence-corrected chi connectivity index (χ3v) is 5.77. The molecule has 164 valence electrons. The fraction of sp³-hybridized carbons (Fsp3) is 0.304. The van der Waals surface area contributed by atoms with E-state index in [0.29, 0.717) is 5.56 Å². The average molecular weight is 439 g/mol. The largest absolute Gasteiger partial charge is 0.416 e. The van der Waals surface area contributed by atoms with Crippen LogP contribution in [-0.2, 0) is 6.18 Å². The predicted molar refractivity (Wildman–Crippen MR) is 111 cm³/mol. The smallest absolute Gasteiger partial charge is 0.333 e. The van der Waals surface area contributed by atoms with Crippen LogP contribution in [0, 0.1) is 0 Å². The first-order valence-electron chi connectivity index (χ1n) is 10.5. The van der Waals surface area contributed by atoms with Gasteiger partial charge in [0, 0.05) is 23.5 Å². The Hall–Kier alpha value is -3.49. The van der Waals surface area contributed by atoms with Crippen LogP contribution in [0.4, 0.5) is 13.2 Å². The minimum Gasteiger partial charge on any atom is -0.333 e. The van der Waals surface area contributed by atoms with Crippen LogP contribution in [0.5, 0.6) is 0 Å². The molecule has 3 heterocycles. The third kappa shape index (κ3) is 3.90. The van der Waals surface area contributed by atoms with E-state index in [4.69, 9.17) is 4.52 Å². The molecule has 0 bridgehead atoms. The molecule has 1 saturated carbocycles. The summed E-state index contributed by atoms with van der Waals surface area (Å²) in [4.78, 5) is 8.50. The zero-order chi connectivity index (χ0) is 22.1. The first kappa shape index (κ1) is 20.4. The van der Waals surface area contributed by atoms with Crippen LogP contribution < -0.4 is 0 Å². The number of hydrogen-bond acceptors (Lipinski definition) is 5. The molecule has 0 spiro atoms. The van der Waals surface area contributed by atoms with Crippen LogP contribution in [0.15, 0.2) is 59.5 Å². The SMILES string of the molecule is FC(F)(F)c1cccc(-c2noc(-c3cnn(C4CCCCC4)c3-c3ccncc3)n2)c1. The van der Waals surface area contributed by atoms with Crippen LogP contribution in [0.25, 0.3) is 34.1 Å². The molecule has 0 N–H and O–H groups in total. The first-order chi connectivity index (χ1) is 15.5. The van der Waals surface area contributed by atoms with E-state index >= 15 is 0 Å². The predicted octanol–water partition coefficient (Wildman–Crippen LogP) is 6.19. The van der Waals surface area contributed by atoms with Gasteiger partial charge in [-0.15, -0.1) is 0 Å². The van der Waals surface area contributed by atoms with Gasteiger partial charge in [-0.3, -0.25) is 9.67 Å². The standard InChI is InChI=1S/C23H20F3N5O/c24-23(25,26)17-6-4-5-16(13-17)21-29-22(32-30-21)19-14-28-31(18-7-2-1-3-8-18)20(19)15-9-11-27-12-10-15/h4-6,9-14,18H,1-3,7-8H2. The van der Waals surface area contributed by atoms with Crippen molar-refractivity contribution in [2.45, 2.75) is 44.3 Å². The molecule has 0 atom stereocenters.